The molecule has 202 valence electrons. The number of aromatic nitrogens is 5. The maximum Gasteiger partial charge on any atom is 0.365 e. The number of aliphatic hydroxyl groups excluding tert-OH is 1. The van der Waals surface area contributed by atoms with E-state index in [0.717, 1.165) is 45.2 Å². The van der Waals surface area contributed by atoms with Gasteiger partial charge < -0.3 is 14.9 Å². The molecular weight excluding hydrogens is 574 g/mol. The number of phenolic OH excluding ortho intramolecular Hbond substituents is 1. The minimum atomic E-state index is -4.84. The summed E-state index contributed by atoms with van der Waals surface area (Å²) >= 11 is 1.14. The van der Waals surface area contributed by atoms with Crippen molar-refractivity contribution in [1.82, 2.24) is 20.0 Å². The Hall–Kier alpha value is -4.00. The van der Waals surface area contributed by atoms with Gasteiger partial charge in [-0.05, 0) is 51.1 Å². The number of aliphatic hydroxyl groups is 1. The van der Waals surface area contributed by atoms with Crippen LogP contribution in [-0.4, -0.2) is 63.2 Å². The second kappa shape index (κ2) is 9.63. The highest BCUT2D eigenvalue weighted by Gasteiger charge is 2.30. The van der Waals surface area contributed by atoms with E-state index in [2.05, 4.69) is 15.2 Å². The van der Waals surface area contributed by atoms with Crippen molar-refractivity contribution >= 4 is 41.8 Å². The SMILES string of the molecule is COc1ccc2nc(-[n+]3nc(-c4ccc(O)cc4S(=O)(=O)O)nn3-c3cc(S(=O)(=O)O)ccc3CO)sc2c1. The molecule has 0 saturated carbocycles. The third kappa shape index (κ3) is 5.05. The molecule has 0 aliphatic rings. The smallest absolute Gasteiger partial charge is 0.365 e. The monoisotopic (exact) mass is 592 g/mol. The second-order valence-electron chi connectivity index (χ2n) is 8.01. The number of tetrazole rings is 1. The number of ether oxygens (including phenoxy) is 1. The van der Waals surface area contributed by atoms with Crippen LogP contribution < -0.4 is 9.53 Å². The maximum absolute atomic E-state index is 12.1. The summed E-state index contributed by atoms with van der Waals surface area (Å²) in [5.41, 5.74) is 0.505. The van der Waals surface area contributed by atoms with E-state index in [0.29, 0.717) is 16.0 Å². The number of phenols is 1. The third-order valence-electron chi connectivity index (χ3n) is 5.54. The Morgan fingerprint density at radius 3 is 2.44 bits per heavy atom. The lowest BCUT2D eigenvalue weighted by molar-refractivity contribution is -0.734. The summed E-state index contributed by atoms with van der Waals surface area (Å²) < 4.78 is 73.2. The lowest BCUT2D eigenvalue weighted by Gasteiger charge is -2.07. The first-order valence-corrected chi connectivity index (χ1v) is 14.5. The first-order valence-electron chi connectivity index (χ1n) is 10.8. The van der Waals surface area contributed by atoms with Crippen LogP contribution in [-0.2, 0) is 26.8 Å². The Labute approximate surface area is 224 Å². The number of methoxy groups -OCH3 is 1. The lowest BCUT2D eigenvalue weighted by Crippen LogP contribution is -2.43. The maximum atomic E-state index is 12.1. The second-order valence-corrected chi connectivity index (χ2v) is 11.8. The van der Waals surface area contributed by atoms with Crippen LogP contribution in [0.1, 0.15) is 5.56 Å². The van der Waals surface area contributed by atoms with Gasteiger partial charge >= 0.3 is 5.13 Å². The molecule has 3 aromatic carbocycles. The minimum absolute atomic E-state index is 0.0320. The van der Waals surface area contributed by atoms with Crippen LogP contribution in [0.3, 0.4) is 0 Å². The average Bonchev–Trinajstić information content (AvgIpc) is 3.51. The van der Waals surface area contributed by atoms with Crippen LogP contribution in [0, 0.1) is 0 Å². The molecular formula is C22H18N5O9S3+. The molecule has 0 fully saturated rings. The topological polar surface area (TPSA) is 206 Å². The summed E-state index contributed by atoms with van der Waals surface area (Å²) in [5.74, 6) is -0.141. The largest absolute Gasteiger partial charge is 0.508 e. The summed E-state index contributed by atoms with van der Waals surface area (Å²) in [5, 5.41) is 28.7. The van der Waals surface area contributed by atoms with Crippen LogP contribution in [0.5, 0.6) is 11.5 Å². The molecule has 0 saturated heterocycles. The quantitative estimate of drug-likeness (QED) is 0.157. The van der Waals surface area contributed by atoms with Gasteiger partial charge in [-0.3, -0.25) is 9.11 Å². The number of hydrogen-bond acceptors (Lipinski definition) is 11. The van der Waals surface area contributed by atoms with Crippen molar-refractivity contribution in [3.8, 4) is 33.7 Å². The number of benzene rings is 3. The Morgan fingerprint density at radius 1 is 1.00 bits per heavy atom. The molecule has 4 N–H and O–H groups in total. The summed E-state index contributed by atoms with van der Waals surface area (Å²) in [6.07, 6.45) is 0. The lowest BCUT2D eigenvalue weighted by atomic mass is 10.2. The van der Waals surface area contributed by atoms with Gasteiger partial charge in [-0.25, -0.2) is 0 Å². The van der Waals surface area contributed by atoms with Crippen LogP contribution >= 0.6 is 11.3 Å². The Kier molecular flexibility index (Phi) is 6.57. The zero-order valence-corrected chi connectivity index (χ0v) is 22.1. The van der Waals surface area contributed by atoms with E-state index in [9.17, 15) is 36.2 Å². The number of thiazole rings is 1. The molecule has 2 heterocycles. The van der Waals surface area contributed by atoms with E-state index in [1.165, 1.54) is 19.2 Å². The molecule has 2 aromatic heterocycles. The molecule has 0 aliphatic heterocycles. The van der Waals surface area contributed by atoms with Crippen molar-refractivity contribution < 1.29 is 45.7 Å². The highest BCUT2D eigenvalue weighted by molar-refractivity contribution is 7.86. The van der Waals surface area contributed by atoms with Gasteiger partial charge in [-0.15, -0.1) is 0 Å². The molecule has 0 radical (unpaired) electrons. The van der Waals surface area contributed by atoms with E-state index >= 15 is 0 Å². The fourth-order valence-electron chi connectivity index (χ4n) is 3.71. The number of rotatable bonds is 7. The van der Waals surface area contributed by atoms with Gasteiger partial charge in [0.05, 0.1) is 28.9 Å². The molecule has 0 unspecified atom stereocenters. The molecule has 5 aromatic rings. The fourth-order valence-corrected chi connectivity index (χ4v) is 5.85. The highest BCUT2D eigenvalue weighted by atomic mass is 32.2. The zero-order chi connectivity index (χ0) is 28.1. The van der Waals surface area contributed by atoms with Crippen molar-refractivity contribution in [2.45, 2.75) is 16.4 Å². The van der Waals surface area contributed by atoms with Gasteiger partial charge in [-0.2, -0.15) is 16.8 Å². The van der Waals surface area contributed by atoms with E-state index < -0.39 is 42.4 Å². The molecule has 0 atom stereocenters. The van der Waals surface area contributed by atoms with Crippen LogP contribution in [0.4, 0.5) is 0 Å². The molecule has 5 rings (SSSR count). The van der Waals surface area contributed by atoms with Gasteiger partial charge in [0.15, 0.2) is 5.52 Å². The molecule has 0 amide bonds. The van der Waals surface area contributed by atoms with E-state index in [-0.39, 0.29) is 27.8 Å². The molecule has 39 heavy (non-hydrogen) atoms. The zero-order valence-electron chi connectivity index (χ0n) is 19.7. The Balaban J connectivity index is 1.83. The van der Waals surface area contributed by atoms with Gasteiger partial charge in [0.1, 0.15) is 22.1 Å². The molecule has 14 nitrogen and oxygen atoms in total. The predicted molar refractivity (Wildman–Crippen MR) is 135 cm³/mol. The van der Waals surface area contributed by atoms with E-state index in [1.807, 2.05) is 0 Å². The number of hydrogen-bond donors (Lipinski definition) is 4. The third-order valence-corrected chi connectivity index (χ3v) is 8.27. The fraction of sp³-hybridized carbons (Fsp3) is 0.0909. The van der Waals surface area contributed by atoms with E-state index in [4.69, 9.17) is 4.74 Å². The number of aromatic hydroxyl groups is 1. The summed E-state index contributed by atoms with van der Waals surface area (Å²) in [7, 11) is -8.00. The van der Waals surface area contributed by atoms with Gasteiger partial charge in [0.2, 0.25) is 0 Å². The molecule has 0 spiro atoms. The Morgan fingerprint density at radius 2 is 1.77 bits per heavy atom. The Bertz CT molecular complexity index is 1970. The number of fused-ring (bicyclic) bond motifs is 1. The normalized spacial score (nSPS) is 12.2. The van der Waals surface area contributed by atoms with Gasteiger partial charge in [0.25, 0.3) is 26.1 Å². The van der Waals surface area contributed by atoms with Crippen molar-refractivity contribution in [2.75, 3.05) is 7.11 Å². The summed E-state index contributed by atoms with van der Waals surface area (Å²) in [6, 6.07) is 11.7. The summed E-state index contributed by atoms with van der Waals surface area (Å²) in [6.45, 7) is -0.567. The first-order chi connectivity index (χ1) is 18.4. The van der Waals surface area contributed by atoms with Crippen molar-refractivity contribution in [2.24, 2.45) is 0 Å². The highest BCUT2D eigenvalue weighted by Crippen LogP contribution is 2.30. The van der Waals surface area contributed by atoms with Gasteiger partial charge in [0, 0.05) is 22.8 Å². The molecule has 17 heteroatoms. The van der Waals surface area contributed by atoms with Crippen molar-refractivity contribution in [3.63, 3.8) is 0 Å². The van der Waals surface area contributed by atoms with Crippen molar-refractivity contribution in [1.29, 1.82) is 0 Å². The standard InChI is InChI=1S/C22H17N5O9S3/c1-36-14-4-7-17-19(9-14)37-22(23-17)27-25-21(16-6-3-13(29)8-20(16)39(33,34)35)24-26(27)18-10-15(38(30,31)32)5-2-12(18)11-28/h2-10,28H,11H2,1H3,(H2-,24,25,29,30,31,32,33,34,35)/p+1. The summed E-state index contributed by atoms with van der Waals surface area (Å²) in [4.78, 5) is 5.53. The van der Waals surface area contributed by atoms with Crippen LogP contribution in [0.15, 0.2) is 64.4 Å². The average molecular weight is 593 g/mol. The minimum Gasteiger partial charge on any atom is -0.508 e. The van der Waals surface area contributed by atoms with Gasteiger partial charge in [-0.1, -0.05) is 22.4 Å². The first kappa shape index (κ1) is 26.6. The number of nitrogens with zero attached hydrogens (tertiary/aromatic N) is 5. The van der Waals surface area contributed by atoms with Crippen molar-refractivity contribution in [3.05, 3.63) is 60.2 Å². The predicted octanol–water partition coefficient (Wildman–Crippen LogP) is 1.52. The molecule has 0 bridgehead atoms. The molecule has 0 aliphatic carbocycles. The van der Waals surface area contributed by atoms with Crippen LogP contribution in [0.2, 0.25) is 0 Å². The van der Waals surface area contributed by atoms with E-state index in [1.54, 1.807) is 18.2 Å². The van der Waals surface area contributed by atoms with Crippen LogP contribution in [0.25, 0.3) is 32.4 Å².